The smallest absolute Gasteiger partial charge is 0.229 e. The maximum absolute atomic E-state index is 12.4. The lowest BCUT2D eigenvalue weighted by atomic mass is 10.1. The van der Waals surface area contributed by atoms with E-state index >= 15 is 0 Å². The van der Waals surface area contributed by atoms with Crippen LogP contribution in [0.5, 0.6) is 0 Å². The second-order valence-corrected chi connectivity index (χ2v) is 6.72. The molecule has 0 unspecified atom stereocenters. The van der Waals surface area contributed by atoms with Crippen LogP contribution in [-0.4, -0.2) is 35.6 Å². The van der Waals surface area contributed by atoms with Crippen molar-refractivity contribution in [2.45, 2.75) is 25.2 Å². The molecule has 1 heterocycles. The third-order valence-corrected chi connectivity index (χ3v) is 5.15. The van der Waals surface area contributed by atoms with Gasteiger partial charge < -0.3 is 10.2 Å². The van der Waals surface area contributed by atoms with E-state index in [4.69, 9.17) is 5.26 Å². The van der Waals surface area contributed by atoms with Crippen LogP contribution >= 0.6 is 11.8 Å². The summed E-state index contributed by atoms with van der Waals surface area (Å²) in [6.07, 6.45) is 0.278. The zero-order chi connectivity index (χ0) is 16.8. The molecule has 0 aromatic heterocycles. The van der Waals surface area contributed by atoms with Crippen LogP contribution in [0.3, 0.4) is 0 Å². The van der Waals surface area contributed by atoms with Gasteiger partial charge in [0.1, 0.15) is 0 Å². The highest BCUT2D eigenvalue weighted by molar-refractivity contribution is 7.99. The molecule has 6 heteroatoms. The van der Waals surface area contributed by atoms with E-state index in [2.05, 4.69) is 11.4 Å². The first-order valence-corrected chi connectivity index (χ1v) is 8.73. The fourth-order valence-corrected chi connectivity index (χ4v) is 3.39. The number of carbonyl (C=O) groups is 2. The molecule has 2 atom stereocenters. The van der Waals surface area contributed by atoms with E-state index in [1.165, 1.54) is 0 Å². The standard InChI is InChI=1S/C17H21N3O2S/c1-3-20-10-13(8-16(20)21)17(22)19-14-6-4-5-7-15(14)23-11-12(2)9-18/h4-7,12-13H,3,8,10-11H2,1-2H3,(H,19,22)/t12-,13+/m1/s1. The molecule has 23 heavy (non-hydrogen) atoms. The summed E-state index contributed by atoms with van der Waals surface area (Å²) in [7, 11) is 0. The van der Waals surface area contributed by atoms with Gasteiger partial charge in [-0.3, -0.25) is 9.59 Å². The van der Waals surface area contributed by atoms with Crippen molar-refractivity contribution in [3.05, 3.63) is 24.3 Å². The maximum atomic E-state index is 12.4. The quantitative estimate of drug-likeness (QED) is 0.814. The van der Waals surface area contributed by atoms with Gasteiger partial charge in [-0.25, -0.2) is 0 Å². The zero-order valence-corrected chi connectivity index (χ0v) is 14.2. The predicted octanol–water partition coefficient (Wildman–Crippen LogP) is 2.75. The Hall–Kier alpha value is -2.00. The number of hydrogen-bond acceptors (Lipinski definition) is 4. The zero-order valence-electron chi connectivity index (χ0n) is 13.4. The van der Waals surface area contributed by atoms with Crippen molar-refractivity contribution in [2.24, 2.45) is 11.8 Å². The van der Waals surface area contributed by atoms with Gasteiger partial charge in [0, 0.05) is 30.2 Å². The van der Waals surface area contributed by atoms with Crippen LogP contribution in [0.25, 0.3) is 0 Å². The van der Waals surface area contributed by atoms with Crippen molar-refractivity contribution < 1.29 is 9.59 Å². The van der Waals surface area contributed by atoms with E-state index in [9.17, 15) is 9.59 Å². The van der Waals surface area contributed by atoms with Crippen molar-refractivity contribution in [3.8, 4) is 6.07 Å². The third kappa shape index (κ3) is 4.49. The summed E-state index contributed by atoms with van der Waals surface area (Å²) in [5, 5.41) is 11.8. The van der Waals surface area contributed by atoms with Gasteiger partial charge in [-0.1, -0.05) is 12.1 Å². The summed E-state index contributed by atoms with van der Waals surface area (Å²) >= 11 is 1.56. The van der Waals surface area contributed by atoms with Gasteiger partial charge in [-0.05, 0) is 26.0 Å². The third-order valence-electron chi connectivity index (χ3n) is 3.82. The van der Waals surface area contributed by atoms with E-state index in [1.54, 1.807) is 16.7 Å². The van der Waals surface area contributed by atoms with Crippen molar-refractivity contribution in [1.82, 2.24) is 4.90 Å². The highest BCUT2D eigenvalue weighted by Crippen LogP contribution is 2.29. The summed E-state index contributed by atoms with van der Waals surface area (Å²) in [6.45, 7) is 4.92. The molecule has 0 spiro atoms. The number of likely N-dealkylation sites (tertiary alicyclic amines) is 1. The minimum absolute atomic E-state index is 0.0400. The molecule has 5 nitrogen and oxygen atoms in total. The number of thioether (sulfide) groups is 1. The Morgan fingerprint density at radius 1 is 1.52 bits per heavy atom. The number of carbonyl (C=O) groups excluding carboxylic acids is 2. The SMILES string of the molecule is CCN1C[C@@H](C(=O)Nc2ccccc2SC[C@H](C)C#N)CC1=O. The van der Waals surface area contributed by atoms with Crippen molar-refractivity contribution in [3.63, 3.8) is 0 Å². The summed E-state index contributed by atoms with van der Waals surface area (Å²) in [6, 6.07) is 9.77. The van der Waals surface area contributed by atoms with Crippen LogP contribution < -0.4 is 5.32 Å². The lowest BCUT2D eigenvalue weighted by Crippen LogP contribution is -2.28. The van der Waals surface area contributed by atoms with Gasteiger partial charge in [0.25, 0.3) is 0 Å². The number of amides is 2. The molecular weight excluding hydrogens is 310 g/mol. The minimum Gasteiger partial charge on any atom is -0.342 e. The van der Waals surface area contributed by atoms with Crippen molar-refractivity contribution >= 4 is 29.3 Å². The van der Waals surface area contributed by atoms with E-state index < -0.39 is 0 Å². The lowest BCUT2D eigenvalue weighted by Gasteiger charge is -2.15. The molecule has 1 aliphatic rings. The molecule has 1 fully saturated rings. The first-order chi connectivity index (χ1) is 11.0. The van der Waals surface area contributed by atoms with Gasteiger partial charge in [0.2, 0.25) is 11.8 Å². The maximum Gasteiger partial charge on any atom is 0.229 e. The Morgan fingerprint density at radius 3 is 2.91 bits per heavy atom. The lowest BCUT2D eigenvalue weighted by molar-refractivity contribution is -0.128. The van der Waals surface area contributed by atoms with Crippen molar-refractivity contribution in [2.75, 3.05) is 24.2 Å². The van der Waals surface area contributed by atoms with Crippen LogP contribution in [0.2, 0.25) is 0 Å². The topological polar surface area (TPSA) is 73.2 Å². The van der Waals surface area contributed by atoms with E-state index in [-0.39, 0.29) is 30.1 Å². The number of hydrogen-bond donors (Lipinski definition) is 1. The molecule has 0 radical (unpaired) electrons. The second-order valence-electron chi connectivity index (χ2n) is 5.66. The molecule has 122 valence electrons. The van der Waals surface area contributed by atoms with Crippen LogP contribution in [-0.2, 0) is 9.59 Å². The van der Waals surface area contributed by atoms with Gasteiger partial charge in [0.15, 0.2) is 0 Å². The highest BCUT2D eigenvalue weighted by atomic mass is 32.2. The summed E-state index contributed by atoms with van der Waals surface area (Å²) in [4.78, 5) is 26.8. The van der Waals surface area contributed by atoms with Crippen LogP contribution in [0.4, 0.5) is 5.69 Å². The summed E-state index contributed by atoms with van der Waals surface area (Å²) in [5.74, 6) is 0.260. The normalized spacial score (nSPS) is 18.6. The Balaban J connectivity index is 2.01. The number of rotatable bonds is 6. The Morgan fingerprint density at radius 2 is 2.26 bits per heavy atom. The number of nitrogens with zero attached hydrogens (tertiary/aromatic N) is 2. The fourth-order valence-electron chi connectivity index (χ4n) is 2.44. The molecule has 1 aliphatic heterocycles. The fraction of sp³-hybridized carbons (Fsp3) is 0.471. The average Bonchev–Trinajstić information content (AvgIpc) is 2.94. The molecule has 1 saturated heterocycles. The molecule has 1 N–H and O–H groups in total. The van der Waals surface area contributed by atoms with Crippen LogP contribution in [0.1, 0.15) is 20.3 Å². The highest BCUT2D eigenvalue weighted by Gasteiger charge is 2.33. The van der Waals surface area contributed by atoms with Gasteiger partial charge in [-0.2, -0.15) is 5.26 Å². The second kappa shape index (κ2) is 8.02. The van der Waals surface area contributed by atoms with Gasteiger partial charge >= 0.3 is 0 Å². The average molecular weight is 331 g/mol. The van der Waals surface area contributed by atoms with Crippen LogP contribution in [0.15, 0.2) is 29.2 Å². The number of benzene rings is 1. The molecule has 0 saturated carbocycles. The Bertz CT molecular complexity index is 627. The largest absolute Gasteiger partial charge is 0.342 e. The minimum atomic E-state index is -0.293. The van der Waals surface area contributed by atoms with Crippen molar-refractivity contribution in [1.29, 1.82) is 5.26 Å². The molecule has 2 rings (SSSR count). The number of anilines is 1. The number of nitriles is 1. The Kier molecular flexibility index (Phi) is 6.05. The van der Waals surface area contributed by atoms with Gasteiger partial charge in [0.05, 0.1) is 23.6 Å². The number of nitrogens with one attached hydrogen (secondary N) is 1. The summed E-state index contributed by atoms with van der Waals surface area (Å²) in [5.41, 5.74) is 0.745. The molecule has 0 aliphatic carbocycles. The first kappa shape index (κ1) is 17.4. The summed E-state index contributed by atoms with van der Waals surface area (Å²) < 4.78 is 0. The van der Waals surface area contributed by atoms with E-state index in [0.717, 1.165) is 10.6 Å². The molecule has 0 bridgehead atoms. The first-order valence-electron chi connectivity index (χ1n) is 7.75. The molecule has 1 aromatic carbocycles. The Labute approximate surface area is 141 Å². The number of para-hydroxylation sites is 1. The van der Waals surface area contributed by atoms with E-state index in [1.807, 2.05) is 38.1 Å². The van der Waals surface area contributed by atoms with Crippen LogP contribution in [0, 0.1) is 23.2 Å². The van der Waals surface area contributed by atoms with Gasteiger partial charge in [-0.15, -0.1) is 11.8 Å². The molecule has 2 amide bonds. The monoisotopic (exact) mass is 331 g/mol. The van der Waals surface area contributed by atoms with E-state index in [0.29, 0.717) is 18.8 Å². The predicted molar refractivity (Wildman–Crippen MR) is 90.9 cm³/mol. The molecular formula is C17H21N3O2S. The molecule has 1 aromatic rings.